The van der Waals surface area contributed by atoms with Crippen LogP contribution in [0.25, 0.3) is 10.9 Å². The molecule has 1 aromatic heterocycles. The molecule has 5 heteroatoms. The van der Waals surface area contributed by atoms with Crippen LogP contribution in [0.1, 0.15) is 39.5 Å². The number of nitrogens with zero attached hydrogens (tertiary/aromatic N) is 3. The summed E-state index contributed by atoms with van der Waals surface area (Å²) in [5, 5.41) is 5.15. The lowest BCUT2D eigenvalue weighted by atomic mass is 9.89. The van der Waals surface area contributed by atoms with Crippen molar-refractivity contribution in [2.75, 3.05) is 5.43 Å². The van der Waals surface area contributed by atoms with Crippen molar-refractivity contribution in [3.63, 3.8) is 0 Å². The van der Waals surface area contributed by atoms with Gasteiger partial charge in [-0.1, -0.05) is 19.1 Å². The molecule has 1 atom stereocenters. The Morgan fingerprint density at radius 1 is 1.41 bits per heavy atom. The minimum Gasteiger partial charge on any atom is -0.277 e. The third-order valence-electron chi connectivity index (χ3n) is 4.24. The van der Waals surface area contributed by atoms with Crippen molar-refractivity contribution in [2.45, 2.75) is 46.1 Å². The van der Waals surface area contributed by atoms with E-state index in [4.69, 9.17) is 0 Å². The summed E-state index contributed by atoms with van der Waals surface area (Å²) in [5.74, 6) is 1.21. The topological polar surface area (TPSA) is 59.3 Å². The minimum absolute atomic E-state index is 0.0205. The van der Waals surface area contributed by atoms with E-state index < -0.39 is 0 Å². The highest BCUT2D eigenvalue weighted by atomic mass is 16.1. The average molecular weight is 298 g/mol. The summed E-state index contributed by atoms with van der Waals surface area (Å²) in [6.45, 7) is 4.77. The summed E-state index contributed by atoms with van der Waals surface area (Å²) in [6.07, 6.45) is 4.51. The van der Waals surface area contributed by atoms with E-state index in [1.54, 1.807) is 4.57 Å². The highest BCUT2D eigenvalue weighted by molar-refractivity contribution is 5.86. The molecule has 0 unspecified atom stereocenters. The van der Waals surface area contributed by atoms with Crippen molar-refractivity contribution in [2.24, 2.45) is 11.0 Å². The molecule has 1 heterocycles. The van der Waals surface area contributed by atoms with E-state index in [1.165, 1.54) is 18.6 Å². The maximum atomic E-state index is 12.5. The Morgan fingerprint density at radius 2 is 2.23 bits per heavy atom. The van der Waals surface area contributed by atoms with Gasteiger partial charge >= 0.3 is 0 Å². The summed E-state index contributed by atoms with van der Waals surface area (Å²) in [6, 6.07) is 7.43. The fraction of sp³-hybridized carbons (Fsp3) is 0.471. The largest absolute Gasteiger partial charge is 0.277 e. The Morgan fingerprint density at radius 3 is 3.00 bits per heavy atom. The van der Waals surface area contributed by atoms with Crippen LogP contribution in [-0.2, 0) is 6.54 Å². The molecule has 1 aromatic carbocycles. The summed E-state index contributed by atoms with van der Waals surface area (Å²) in [4.78, 5) is 17.1. The Hall–Kier alpha value is -2.17. The van der Waals surface area contributed by atoms with Crippen molar-refractivity contribution in [3.8, 4) is 0 Å². The van der Waals surface area contributed by atoms with E-state index in [-0.39, 0.29) is 5.56 Å². The number of nitrogens with one attached hydrogen (secondary N) is 1. The molecule has 0 aliphatic heterocycles. The standard InChI is InChI=1S/C17H22N4O/c1-3-21-16(22)14-9-4-5-10-15(14)18-17(21)20-19-13-8-6-7-12(2)11-13/h4-5,9-10,12H,3,6-8,11H2,1-2H3,(H,18,20)/b19-13-/t12-/m1/s1. The predicted molar refractivity (Wildman–Crippen MR) is 90.4 cm³/mol. The Balaban J connectivity index is 1.96. The Labute approximate surface area is 130 Å². The summed E-state index contributed by atoms with van der Waals surface area (Å²) in [7, 11) is 0. The van der Waals surface area contributed by atoms with Crippen LogP contribution < -0.4 is 11.0 Å². The van der Waals surface area contributed by atoms with Crippen molar-refractivity contribution >= 4 is 22.6 Å². The molecule has 0 amide bonds. The van der Waals surface area contributed by atoms with Crippen LogP contribution in [0.2, 0.25) is 0 Å². The van der Waals surface area contributed by atoms with Gasteiger partial charge in [0.2, 0.25) is 5.95 Å². The van der Waals surface area contributed by atoms with Crippen LogP contribution in [0.3, 0.4) is 0 Å². The number of anilines is 1. The van der Waals surface area contributed by atoms with Gasteiger partial charge in [-0.15, -0.1) is 0 Å². The minimum atomic E-state index is -0.0205. The van der Waals surface area contributed by atoms with Crippen molar-refractivity contribution in [1.29, 1.82) is 0 Å². The van der Waals surface area contributed by atoms with Gasteiger partial charge in [-0.2, -0.15) is 5.10 Å². The summed E-state index contributed by atoms with van der Waals surface area (Å²) < 4.78 is 1.64. The van der Waals surface area contributed by atoms with Crippen LogP contribution >= 0.6 is 0 Å². The SMILES string of the molecule is CCn1c(N/N=C2/CCC[C@@H](C)C2)nc2ccccc2c1=O. The Bertz CT molecular complexity index is 763. The molecule has 3 rings (SSSR count). The molecule has 5 nitrogen and oxygen atoms in total. The molecule has 1 saturated carbocycles. The number of hydrogen-bond acceptors (Lipinski definition) is 4. The van der Waals surface area contributed by atoms with Crippen LogP contribution in [0.5, 0.6) is 0 Å². The van der Waals surface area contributed by atoms with E-state index in [2.05, 4.69) is 22.4 Å². The zero-order valence-corrected chi connectivity index (χ0v) is 13.2. The smallest absolute Gasteiger partial charge is 0.262 e. The van der Waals surface area contributed by atoms with Crippen LogP contribution in [0.4, 0.5) is 5.95 Å². The highest BCUT2D eigenvalue weighted by Crippen LogP contribution is 2.21. The van der Waals surface area contributed by atoms with Crippen molar-refractivity contribution < 1.29 is 0 Å². The maximum absolute atomic E-state index is 12.5. The quantitative estimate of drug-likeness (QED) is 0.884. The number of benzene rings is 1. The van der Waals surface area contributed by atoms with Crippen molar-refractivity contribution in [1.82, 2.24) is 9.55 Å². The number of fused-ring (bicyclic) bond motifs is 1. The first-order chi connectivity index (χ1) is 10.7. The second-order valence-electron chi connectivity index (χ2n) is 5.99. The summed E-state index contributed by atoms with van der Waals surface area (Å²) in [5.41, 5.74) is 4.88. The zero-order chi connectivity index (χ0) is 15.5. The van der Waals surface area contributed by atoms with Gasteiger partial charge in [-0.3, -0.25) is 9.36 Å². The number of para-hydroxylation sites is 1. The molecule has 1 aliphatic rings. The van der Waals surface area contributed by atoms with E-state index >= 15 is 0 Å². The van der Waals surface area contributed by atoms with E-state index in [9.17, 15) is 4.79 Å². The highest BCUT2D eigenvalue weighted by Gasteiger charge is 2.14. The van der Waals surface area contributed by atoms with Gasteiger partial charge in [0.05, 0.1) is 10.9 Å². The molecule has 1 fully saturated rings. The third kappa shape index (κ3) is 2.89. The van der Waals surface area contributed by atoms with Gasteiger partial charge in [0, 0.05) is 12.3 Å². The van der Waals surface area contributed by atoms with Gasteiger partial charge in [0.1, 0.15) is 0 Å². The molecule has 1 N–H and O–H groups in total. The van der Waals surface area contributed by atoms with E-state index in [0.29, 0.717) is 29.3 Å². The van der Waals surface area contributed by atoms with Gasteiger partial charge in [-0.05, 0) is 50.7 Å². The van der Waals surface area contributed by atoms with E-state index in [0.717, 1.165) is 12.8 Å². The average Bonchev–Trinajstić information content (AvgIpc) is 2.53. The fourth-order valence-electron chi connectivity index (χ4n) is 3.04. The molecular formula is C17H22N4O. The van der Waals surface area contributed by atoms with E-state index in [1.807, 2.05) is 31.2 Å². The molecule has 1 aliphatic carbocycles. The molecule has 0 radical (unpaired) electrons. The third-order valence-corrected chi connectivity index (χ3v) is 4.24. The van der Waals surface area contributed by atoms with Gasteiger partial charge in [-0.25, -0.2) is 10.4 Å². The fourth-order valence-corrected chi connectivity index (χ4v) is 3.04. The lowest BCUT2D eigenvalue weighted by molar-refractivity contribution is 0.500. The summed E-state index contributed by atoms with van der Waals surface area (Å²) >= 11 is 0. The van der Waals surface area contributed by atoms with Crippen LogP contribution in [0.15, 0.2) is 34.2 Å². The molecule has 22 heavy (non-hydrogen) atoms. The van der Waals surface area contributed by atoms with Crippen LogP contribution in [0, 0.1) is 5.92 Å². The predicted octanol–water partition coefficient (Wildman–Crippen LogP) is 3.39. The number of rotatable bonds is 3. The molecule has 116 valence electrons. The molecule has 0 bridgehead atoms. The first-order valence-electron chi connectivity index (χ1n) is 8.00. The lowest BCUT2D eigenvalue weighted by Gasteiger charge is -2.19. The molecule has 0 saturated heterocycles. The monoisotopic (exact) mass is 298 g/mol. The second kappa shape index (κ2) is 6.30. The number of aromatic nitrogens is 2. The first-order valence-corrected chi connectivity index (χ1v) is 8.00. The normalized spacial score (nSPS) is 20.5. The second-order valence-corrected chi connectivity index (χ2v) is 5.99. The number of hydrogen-bond donors (Lipinski definition) is 1. The molecule has 2 aromatic rings. The van der Waals surface area contributed by atoms with Crippen molar-refractivity contribution in [3.05, 3.63) is 34.6 Å². The molecule has 0 spiro atoms. The molecular weight excluding hydrogens is 276 g/mol. The van der Waals surface area contributed by atoms with Crippen LogP contribution in [-0.4, -0.2) is 15.3 Å². The van der Waals surface area contributed by atoms with Gasteiger partial charge < -0.3 is 0 Å². The zero-order valence-electron chi connectivity index (χ0n) is 13.2. The first kappa shape index (κ1) is 14.8. The number of hydrazone groups is 1. The van der Waals surface area contributed by atoms with Gasteiger partial charge in [0.15, 0.2) is 0 Å². The van der Waals surface area contributed by atoms with Gasteiger partial charge in [0.25, 0.3) is 5.56 Å². The Kier molecular flexibility index (Phi) is 4.22. The lowest BCUT2D eigenvalue weighted by Crippen LogP contribution is -2.24. The maximum Gasteiger partial charge on any atom is 0.262 e.